The summed E-state index contributed by atoms with van der Waals surface area (Å²) in [4.78, 5) is 0. The number of hydrogen-bond donors (Lipinski definition) is 1. The number of nitrogens with zero attached hydrogens (tertiary/aromatic N) is 2. The molecule has 0 saturated carbocycles. The van der Waals surface area contributed by atoms with E-state index in [1.54, 1.807) is 0 Å². The molecule has 0 amide bonds. The molecule has 1 heterocycles. The van der Waals surface area contributed by atoms with Crippen molar-refractivity contribution in [3.05, 3.63) is 35.4 Å². The third-order valence-electron chi connectivity index (χ3n) is 2.87. The molecule has 0 atom stereocenters. The molecular weight excluding hydrogens is 246 g/mol. The van der Waals surface area contributed by atoms with Gasteiger partial charge in [0.2, 0.25) is 0 Å². The lowest BCUT2D eigenvalue weighted by molar-refractivity contribution is 0.492. The molecule has 0 spiro atoms. The van der Waals surface area contributed by atoms with Gasteiger partial charge in [0.25, 0.3) is 0 Å². The highest BCUT2D eigenvalue weighted by Crippen LogP contribution is 2.22. The summed E-state index contributed by atoms with van der Waals surface area (Å²) in [6.07, 6.45) is 1.08. The largest absolute Gasteiger partial charge is 0.384 e. The Morgan fingerprint density at radius 1 is 1.28 bits per heavy atom. The zero-order valence-electron chi connectivity index (χ0n) is 10.7. The highest BCUT2D eigenvalue weighted by molar-refractivity contribution is 6.30. The smallest absolute Gasteiger partial charge is 0.122 e. The van der Waals surface area contributed by atoms with E-state index in [4.69, 9.17) is 17.3 Å². The van der Waals surface area contributed by atoms with Gasteiger partial charge in [-0.3, -0.25) is 0 Å². The van der Waals surface area contributed by atoms with E-state index >= 15 is 0 Å². The fourth-order valence-corrected chi connectivity index (χ4v) is 1.88. The molecule has 0 saturated heterocycles. The Bertz CT molecular complexity index is 514. The lowest BCUT2D eigenvalue weighted by Gasteiger charge is -2.06. The molecular formula is C14H18ClN3. The van der Waals surface area contributed by atoms with Crippen molar-refractivity contribution in [3.8, 4) is 11.3 Å². The second-order valence-corrected chi connectivity index (χ2v) is 5.30. The third kappa shape index (κ3) is 3.05. The lowest BCUT2D eigenvalue weighted by Crippen LogP contribution is -2.06. The fourth-order valence-electron chi connectivity index (χ4n) is 1.75. The number of benzene rings is 1. The maximum Gasteiger partial charge on any atom is 0.122 e. The molecule has 0 radical (unpaired) electrons. The van der Waals surface area contributed by atoms with Gasteiger partial charge in [0.15, 0.2) is 0 Å². The van der Waals surface area contributed by atoms with E-state index in [0.717, 1.165) is 29.2 Å². The molecule has 0 aliphatic rings. The zero-order chi connectivity index (χ0) is 13.1. The molecule has 1 aromatic carbocycles. The summed E-state index contributed by atoms with van der Waals surface area (Å²) in [5, 5.41) is 5.26. The zero-order valence-corrected chi connectivity index (χ0v) is 11.5. The van der Waals surface area contributed by atoms with Crippen molar-refractivity contribution in [1.29, 1.82) is 0 Å². The average molecular weight is 264 g/mol. The lowest BCUT2D eigenvalue weighted by atomic mass is 10.1. The molecule has 96 valence electrons. The van der Waals surface area contributed by atoms with E-state index in [1.165, 1.54) is 0 Å². The second kappa shape index (κ2) is 5.44. The molecule has 2 N–H and O–H groups in total. The Kier molecular flexibility index (Phi) is 3.92. The van der Waals surface area contributed by atoms with E-state index in [-0.39, 0.29) is 0 Å². The average Bonchev–Trinajstić information content (AvgIpc) is 2.69. The number of nitrogens with two attached hydrogens (primary N) is 1. The summed E-state index contributed by atoms with van der Waals surface area (Å²) in [5.74, 6) is 1.35. The Morgan fingerprint density at radius 3 is 2.56 bits per heavy atom. The molecule has 2 aromatic rings. The summed E-state index contributed by atoms with van der Waals surface area (Å²) in [6.45, 7) is 5.25. The van der Waals surface area contributed by atoms with Gasteiger partial charge in [-0.1, -0.05) is 37.6 Å². The molecule has 18 heavy (non-hydrogen) atoms. The van der Waals surface area contributed by atoms with Crippen LogP contribution in [0.2, 0.25) is 5.02 Å². The van der Waals surface area contributed by atoms with E-state index in [9.17, 15) is 0 Å². The molecule has 0 fully saturated rings. The quantitative estimate of drug-likeness (QED) is 0.911. The maximum atomic E-state index is 5.97. The van der Waals surface area contributed by atoms with Crippen LogP contribution in [0.4, 0.5) is 5.82 Å². The summed E-state index contributed by atoms with van der Waals surface area (Å²) in [7, 11) is 0. The molecule has 0 unspecified atom stereocenters. The Hall–Kier alpha value is -1.48. The van der Waals surface area contributed by atoms with E-state index in [1.807, 2.05) is 35.0 Å². The molecule has 0 bridgehead atoms. The predicted molar refractivity (Wildman–Crippen MR) is 76.5 cm³/mol. The van der Waals surface area contributed by atoms with Gasteiger partial charge in [-0.05, 0) is 24.5 Å². The van der Waals surface area contributed by atoms with Gasteiger partial charge in [-0.2, -0.15) is 5.10 Å². The highest BCUT2D eigenvalue weighted by Gasteiger charge is 2.07. The number of nitrogen functional groups attached to an aromatic ring is 1. The van der Waals surface area contributed by atoms with Crippen LogP contribution in [0.5, 0.6) is 0 Å². The maximum absolute atomic E-state index is 5.97. The normalized spacial score (nSPS) is 11.1. The van der Waals surface area contributed by atoms with Crippen molar-refractivity contribution < 1.29 is 0 Å². The minimum Gasteiger partial charge on any atom is -0.384 e. The van der Waals surface area contributed by atoms with Gasteiger partial charge >= 0.3 is 0 Å². The van der Waals surface area contributed by atoms with Gasteiger partial charge < -0.3 is 5.73 Å². The Labute approximate surface area is 113 Å². The van der Waals surface area contributed by atoms with Gasteiger partial charge in [0.05, 0.1) is 5.69 Å². The van der Waals surface area contributed by atoms with Crippen LogP contribution in [0.1, 0.15) is 20.3 Å². The highest BCUT2D eigenvalue weighted by atomic mass is 35.5. The van der Waals surface area contributed by atoms with Crippen LogP contribution in [0.25, 0.3) is 11.3 Å². The fraction of sp³-hybridized carbons (Fsp3) is 0.357. The minimum absolute atomic E-state index is 0.646. The van der Waals surface area contributed by atoms with Gasteiger partial charge in [-0.25, -0.2) is 4.68 Å². The van der Waals surface area contributed by atoms with Crippen LogP contribution < -0.4 is 5.73 Å². The standard InChI is InChI=1S/C14H18ClN3/c1-10(2)7-8-18-14(16)9-13(17-18)11-3-5-12(15)6-4-11/h3-6,9-10H,7-8,16H2,1-2H3. The van der Waals surface area contributed by atoms with Crippen molar-refractivity contribution in [2.45, 2.75) is 26.8 Å². The summed E-state index contributed by atoms with van der Waals surface area (Å²) >= 11 is 5.87. The SMILES string of the molecule is CC(C)CCn1nc(-c2ccc(Cl)cc2)cc1N. The van der Waals surface area contributed by atoms with Crippen LogP contribution in [0, 0.1) is 5.92 Å². The monoisotopic (exact) mass is 263 g/mol. The van der Waals surface area contributed by atoms with E-state index in [0.29, 0.717) is 11.7 Å². The first-order valence-electron chi connectivity index (χ1n) is 6.15. The van der Waals surface area contributed by atoms with Crippen molar-refractivity contribution in [2.75, 3.05) is 5.73 Å². The number of anilines is 1. The molecule has 1 aromatic heterocycles. The van der Waals surface area contributed by atoms with E-state index < -0.39 is 0 Å². The summed E-state index contributed by atoms with van der Waals surface area (Å²) in [6, 6.07) is 9.54. The third-order valence-corrected chi connectivity index (χ3v) is 3.12. The van der Waals surface area contributed by atoms with Gasteiger partial charge in [0.1, 0.15) is 5.82 Å². The van der Waals surface area contributed by atoms with Crippen molar-refractivity contribution in [3.63, 3.8) is 0 Å². The number of hydrogen-bond acceptors (Lipinski definition) is 2. The first-order chi connectivity index (χ1) is 8.56. The van der Waals surface area contributed by atoms with Crippen LogP contribution in [0.3, 0.4) is 0 Å². The van der Waals surface area contributed by atoms with Crippen molar-refractivity contribution in [1.82, 2.24) is 9.78 Å². The van der Waals surface area contributed by atoms with Crippen molar-refractivity contribution in [2.24, 2.45) is 5.92 Å². The first kappa shape index (κ1) is 13.0. The molecule has 0 aliphatic carbocycles. The topological polar surface area (TPSA) is 43.8 Å². The number of halogens is 1. The molecule has 3 nitrogen and oxygen atoms in total. The van der Waals surface area contributed by atoms with Gasteiger partial charge in [-0.15, -0.1) is 0 Å². The van der Waals surface area contributed by atoms with Crippen molar-refractivity contribution >= 4 is 17.4 Å². The molecule has 0 aliphatic heterocycles. The minimum atomic E-state index is 0.646. The first-order valence-corrected chi connectivity index (χ1v) is 6.53. The summed E-state index contributed by atoms with van der Waals surface area (Å²) in [5.41, 5.74) is 7.90. The van der Waals surface area contributed by atoms with Crippen LogP contribution in [-0.2, 0) is 6.54 Å². The Balaban J connectivity index is 2.20. The summed E-state index contributed by atoms with van der Waals surface area (Å²) < 4.78 is 1.87. The van der Waals surface area contributed by atoms with E-state index in [2.05, 4.69) is 18.9 Å². The second-order valence-electron chi connectivity index (χ2n) is 4.87. The predicted octanol–water partition coefficient (Wildman–Crippen LogP) is 3.83. The number of rotatable bonds is 4. The van der Waals surface area contributed by atoms with Crippen LogP contribution in [-0.4, -0.2) is 9.78 Å². The Morgan fingerprint density at radius 2 is 1.94 bits per heavy atom. The number of aryl methyl sites for hydroxylation is 1. The molecule has 2 rings (SSSR count). The van der Waals surface area contributed by atoms with Gasteiger partial charge in [0, 0.05) is 23.2 Å². The van der Waals surface area contributed by atoms with Crippen LogP contribution >= 0.6 is 11.6 Å². The van der Waals surface area contributed by atoms with Crippen LogP contribution in [0.15, 0.2) is 30.3 Å². The molecule has 4 heteroatoms. The number of aromatic nitrogens is 2.